The van der Waals surface area contributed by atoms with Gasteiger partial charge in [-0.3, -0.25) is 9.97 Å². The number of pyridine rings is 2. The van der Waals surface area contributed by atoms with E-state index in [9.17, 15) is 0 Å². The average molecular weight is 236 g/mol. The molecule has 0 saturated carbocycles. The highest BCUT2D eigenvalue weighted by Gasteiger charge is 2.01. The molecule has 0 aliphatic carbocycles. The fourth-order valence-corrected chi connectivity index (χ4v) is 1.90. The Morgan fingerprint density at radius 2 is 1.94 bits per heavy atom. The van der Waals surface area contributed by atoms with Gasteiger partial charge in [-0.2, -0.15) is 0 Å². The van der Waals surface area contributed by atoms with Crippen molar-refractivity contribution in [3.05, 3.63) is 55.1 Å². The van der Waals surface area contributed by atoms with Crippen LogP contribution in [0.4, 0.5) is 17.1 Å². The highest BCUT2D eigenvalue weighted by Crippen LogP contribution is 2.25. The molecule has 0 atom stereocenters. The van der Waals surface area contributed by atoms with Crippen LogP contribution < -0.4 is 11.1 Å². The van der Waals surface area contributed by atoms with E-state index >= 15 is 0 Å². The minimum atomic E-state index is 0.637. The zero-order valence-electron chi connectivity index (χ0n) is 9.67. The number of fused-ring (bicyclic) bond motifs is 1. The third kappa shape index (κ3) is 1.96. The molecule has 0 spiro atoms. The summed E-state index contributed by atoms with van der Waals surface area (Å²) in [5.74, 6) is 0. The molecule has 1 aromatic carbocycles. The molecule has 0 aliphatic rings. The molecule has 0 amide bonds. The van der Waals surface area contributed by atoms with E-state index in [0.29, 0.717) is 5.69 Å². The molecule has 18 heavy (non-hydrogen) atoms. The van der Waals surface area contributed by atoms with Gasteiger partial charge in [0.2, 0.25) is 0 Å². The van der Waals surface area contributed by atoms with Crippen LogP contribution in [0.2, 0.25) is 0 Å². The van der Waals surface area contributed by atoms with Crippen LogP contribution in [0.3, 0.4) is 0 Å². The van der Waals surface area contributed by atoms with Gasteiger partial charge >= 0.3 is 0 Å². The molecule has 3 rings (SSSR count). The molecule has 0 saturated heterocycles. The minimum Gasteiger partial charge on any atom is -0.397 e. The number of nitrogens with one attached hydrogen (secondary N) is 1. The van der Waals surface area contributed by atoms with Gasteiger partial charge in [-0.1, -0.05) is 12.1 Å². The van der Waals surface area contributed by atoms with E-state index in [0.717, 1.165) is 22.1 Å². The van der Waals surface area contributed by atoms with Crippen molar-refractivity contribution in [2.24, 2.45) is 0 Å². The highest BCUT2D eigenvalue weighted by atomic mass is 14.9. The first kappa shape index (κ1) is 10.5. The third-order valence-electron chi connectivity index (χ3n) is 2.72. The van der Waals surface area contributed by atoms with E-state index in [-0.39, 0.29) is 0 Å². The molecular formula is C14H12N4. The second-order valence-corrected chi connectivity index (χ2v) is 4.03. The summed E-state index contributed by atoms with van der Waals surface area (Å²) in [7, 11) is 0. The van der Waals surface area contributed by atoms with Crippen LogP contribution >= 0.6 is 0 Å². The Bertz CT molecular complexity index is 689. The Labute approximate surface area is 104 Å². The molecule has 4 heteroatoms. The van der Waals surface area contributed by atoms with Crippen LogP contribution in [0.25, 0.3) is 10.8 Å². The molecule has 3 N–H and O–H groups in total. The first-order valence-corrected chi connectivity index (χ1v) is 5.63. The molecule has 4 nitrogen and oxygen atoms in total. The number of nitrogens with zero attached hydrogens (tertiary/aromatic N) is 2. The van der Waals surface area contributed by atoms with Crippen molar-refractivity contribution in [1.82, 2.24) is 9.97 Å². The maximum Gasteiger partial charge on any atom is 0.0591 e. The van der Waals surface area contributed by atoms with Crippen molar-refractivity contribution >= 4 is 27.8 Å². The Morgan fingerprint density at radius 1 is 1.00 bits per heavy atom. The lowest BCUT2D eigenvalue weighted by Crippen LogP contribution is -1.94. The number of nitrogen functional groups attached to an aromatic ring is 1. The predicted molar refractivity (Wildman–Crippen MR) is 73.7 cm³/mol. The van der Waals surface area contributed by atoms with Crippen LogP contribution in [-0.4, -0.2) is 9.97 Å². The van der Waals surface area contributed by atoms with Crippen LogP contribution in [0.1, 0.15) is 0 Å². The predicted octanol–water partition coefficient (Wildman–Crippen LogP) is 2.96. The Kier molecular flexibility index (Phi) is 2.53. The zero-order valence-corrected chi connectivity index (χ0v) is 9.67. The minimum absolute atomic E-state index is 0.637. The normalized spacial score (nSPS) is 10.4. The lowest BCUT2D eigenvalue weighted by Gasteiger charge is -2.09. The summed E-state index contributed by atoms with van der Waals surface area (Å²) < 4.78 is 0. The number of hydrogen-bond donors (Lipinski definition) is 2. The van der Waals surface area contributed by atoms with Crippen molar-refractivity contribution in [3.8, 4) is 0 Å². The van der Waals surface area contributed by atoms with E-state index in [1.807, 2.05) is 30.5 Å². The molecule has 0 radical (unpaired) electrons. The van der Waals surface area contributed by atoms with E-state index in [2.05, 4.69) is 21.4 Å². The summed E-state index contributed by atoms with van der Waals surface area (Å²) in [5.41, 5.74) is 8.21. The van der Waals surface area contributed by atoms with Crippen molar-refractivity contribution in [3.63, 3.8) is 0 Å². The summed E-state index contributed by atoms with van der Waals surface area (Å²) in [5, 5.41) is 5.52. The molecule has 88 valence electrons. The summed E-state index contributed by atoms with van der Waals surface area (Å²) in [6, 6.07) is 9.90. The number of nitrogens with two attached hydrogens (primary N) is 1. The maximum absolute atomic E-state index is 5.71. The molecule has 0 fully saturated rings. The average Bonchev–Trinajstić information content (AvgIpc) is 2.39. The van der Waals surface area contributed by atoms with Crippen LogP contribution in [0, 0.1) is 0 Å². The number of anilines is 3. The summed E-state index contributed by atoms with van der Waals surface area (Å²) in [6.45, 7) is 0. The van der Waals surface area contributed by atoms with Gasteiger partial charge in [-0.25, -0.2) is 0 Å². The molecule has 3 aromatic rings. The fourth-order valence-electron chi connectivity index (χ4n) is 1.90. The lowest BCUT2D eigenvalue weighted by molar-refractivity contribution is 1.32. The number of aromatic nitrogens is 2. The zero-order chi connectivity index (χ0) is 12.4. The SMILES string of the molecule is Nc1cncc(Nc2cccc3ccncc23)c1. The van der Waals surface area contributed by atoms with Gasteiger partial charge < -0.3 is 11.1 Å². The molecule has 0 unspecified atom stereocenters. The second-order valence-electron chi connectivity index (χ2n) is 4.03. The van der Waals surface area contributed by atoms with Gasteiger partial charge in [-0.05, 0) is 23.6 Å². The Balaban J connectivity index is 2.05. The molecule has 0 bridgehead atoms. The number of rotatable bonds is 2. The van der Waals surface area contributed by atoms with Crippen molar-refractivity contribution < 1.29 is 0 Å². The standard InChI is InChI=1S/C14H12N4/c15-11-6-12(8-17-7-11)18-14-3-1-2-10-4-5-16-9-13(10)14/h1-9,18H,15H2. The first-order chi connectivity index (χ1) is 8.83. The quantitative estimate of drug-likeness (QED) is 0.718. The van der Waals surface area contributed by atoms with Gasteiger partial charge in [0.05, 0.1) is 17.6 Å². The summed E-state index contributed by atoms with van der Waals surface area (Å²) >= 11 is 0. The van der Waals surface area contributed by atoms with Crippen molar-refractivity contribution in [1.29, 1.82) is 0 Å². The van der Waals surface area contributed by atoms with Crippen molar-refractivity contribution in [2.45, 2.75) is 0 Å². The van der Waals surface area contributed by atoms with Gasteiger partial charge in [0.1, 0.15) is 0 Å². The van der Waals surface area contributed by atoms with E-state index < -0.39 is 0 Å². The van der Waals surface area contributed by atoms with Crippen LogP contribution in [0.5, 0.6) is 0 Å². The lowest BCUT2D eigenvalue weighted by atomic mass is 10.1. The molecule has 2 heterocycles. The summed E-state index contributed by atoms with van der Waals surface area (Å²) in [6.07, 6.45) is 6.99. The van der Waals surface area contributed by atoms with Gasteiger partial charge in [-0.15, -0.1) is 0 Å². The molecular weight excluding hydrogens is 224 g/mol. The van der Waals surface area contributed by atoms with E-state index in [1.165, 1.54) is 0 Å². The number of hydrogen-bond acceptors (Lipinski definition) is 4. The van der Waals surface area contributed by atoms with E-state index in [4.69, 9.17) is 5.73 Å². The molecule has 0 aliphatic heterocycles. The monoisotopic (exact) mass is 236 g/mol. The smallest absolute Gasteiger partial charge is 0.0591 e. The van der Waals surface area contributed by atoms with Gasteiger partial charge in [0.15, 0.2) is 0 Å². The maximum atomic E-state index is 5.71. The fraction of sp³-hybridized carbons (Fsp3) is 0. The van der Waals surface area contributed by atoms with E-state index in [1.54, 1.807) is 18.6 Å². The van der Waals surface area contributed by atoms with Crippen molar-refractivity contribution in [2.75, 3.05) is 11.1 Å². The Hall–Kier alpha value is -2.62. The largest absolute Gasteiger partial charge is 0.397 e. The topological polar surface area (TPSA) is 63.8 Å². The van der Waals surface area contributed by atoms with Crippen LogP contribution in [-0.2, 0) is 0 Å². The first-order valence-electron chi connectivity index (χ1n) is 5.63. The van der Waals surface area contributed by atoms with Crippen LogP contribution in [0.15, 0.2) is 55.1 Å². The summed E-state index contributed by atoms with van der Waals surface area (Å²) in [4.78, 5) is 8.21. The van der Waals surface area contributed by atoms with Gasteiger partial charge in [0.25, 0.3) is 0 Å². The Morgan fingerprint density at radius 3 is 2.83 bits per heavy atom. The van der Waals surface area contributed by atoms with Gasteiger partial charge in [0, 0.05) is 29.7 Å². The second kappa shape index (κ2) is 4.33. The highest BCUT2D eigenvalue weighted by molar-refractivity contribution is 5.94. The number of benzene rings is 1. The third-order valence-corrected chi connectivity index (χ3v) is 2.72. The molecule has 2 aromatic heterocycles.